The molecule has 0 heterocycles. The number of halogens is 3. The average Bonchev–Trinajstić information content (AvgIpc) is 2.19. The topological polar surface area (TPSA) is 46.3 Å². The van der Waals surface area contributed by atoms with Crippen LogP contribution in [0.25, 0.3) is 0 Å². The molecule has 2 N–H and O–H groups in total. The Balaban J connectivity index is 4.99. The normalized spacial score (nSPS) is 13.5. The molecule has 1 amide bonds. The van der Waals surface area contributed by atoms with Crippen LogP contribution in [-0.2, 0) is 4.79 Å². The Hall–Kier alpha value is -0.850. The Morgan fingerprint density at radius 2 is 1.89 bits per heavy atom. The number of amides is 1. The third kappa shape index (κ3) is 5.66. The highest BCUT2D eigenvalue weighted by atomic mass is 32.1. The van der Waals surface area contributed by atoms with Crippen LogP contribution in [-0.4, -0.2) is 34.6 Å². The molecule has 106 valence electrons. The molecule has 0 rings (SSSR count). The summed E-state index contributed by atoms with van der Waals surface area (Å²) in [5.74, 6) is -1.45. The van der Waals surface area contributed by atoms with E-state index < -0.39 is 30.6 Å². The highest BCUT2D eigenvalue weighted by Gasteiger charge is 2.37. The van der Waals surface area contributed by atoms with Crippen LogP contribution in [0, 0.1) is 5.92 Å². The van der Waals surface area contributed by atoms with Gasteiger partial charge >= 0.3 is 6.18 Å². The second-order valence-electron chi connectivity index (χ2n) is 4.42. The van der Waals surface area contributed by atoms with E-state index in [2.05, 4.69) is 0 Å². The van der Waals surface area contributed by atoms with Crippen molar-refractivity contribution in [1.82, 2.24) is 4.90 Å². The molecular formula is C11H19F3N2OS. The van der Waals surface area contributed by atoms with E-state index in [0.717, 1.165) is 4.90 Å². The summed E-state index contributed by atoms with van der Waals surface area (Å²) in [6.07, 6.45) is -3.42. The summed E-state index contributed by atoms with van der Waals surface area (Å²) < 4.78 is 37.3. The first-order valence-electron chi connectivity index (χ1n) is 5.76. The predicted octanol–water partition coefficient (Wildman–Crippen LogP) is 2.49. The van der Waals surface area contributed by atoms with Crippen LogP contribution in [0.4, 0.5) is 13.2 Å². The van der Waals surface area contributed by atoms with E-state index in [0.29, 0.717) is 12.8 Å². The summed E-state index contributed by atoms with van der Waals surface area (Å²) in [7, 11) is 0. The van der Waals surface area contributed by atoms with Gasteiger partial charge in [-0.15, -0.1) is 0 Å². The molecule has 0 aromatic rings. The monoisotopic (exact) mass is 284 g/mol. The first-order chi connectivity index (χ1) is 8.10. The second-order valence-corrected chi connectivity index (χ2v) is 4.89. The van der Waals surface area contributed by atoms with Gasteiger partial charge in [-0.1, -0.05) is 25.6 Å². The molecule has 0 radical (unpaired) electrons. The zero-order valence-electron chi connectivity index (χ0n) is 10.8. The highest BCUT2D eigenvalue weighted by molar-refractivity contribution is 7.80. The van der Waals surface area contributed by atoms with Crippen LogP contribution < -0.4 is 5.73 Å². The summed E-state index contributed by atoms with van der Waals surface area (Å²) in [5.41, 5.74) is 5.43. The highest BCUT2D eigenvalue weighted by Crippen LogP contribution is 2.21. The lowest BCUT2D eigenvalue weighted by molar-refractivity contribution is -0.166. The number of thiocarbonyl (C=S) groups is 1. The Morgan fingerprint density at radius 3 is 2.17 bits per heavy atom. The van der Waals surface area contributed by atoms with Crippen LogP contribution in [0.1, 0.15) is 33.6 Å². The quantitative estimate of drug-likeness (QED) is 0.762. The zero-order chi connectivity index (χ0) is 14.5. The molecule has 0 saturated carbocycles. The van der Waals surface area contributed by atoms with Crippen molar-refractivity contribution in [2.75, 3.05) is 6.54 Å². The number of carbonyl (C=O) groups excluding carboxylic acids is 1. The molecule has 0 aromatic carbocycles. The summed E-state index contributed by atoms with van der Waals surface area (Å²) >= 11 is 4.75. The summed E-state index contributed by atoms with van der Waals surface area (Å²) in [6, 6.07) is -0.548. The van der Waals surface area contributed by atoms with Crippen molar-refractivity contribution in [3.8, 4) is 0 Å². The van der Waals surface area contributed by atoms with E-state index in [-0.39, 0.29) is 4.99 Å². The number of hydrogen-bond donors (Lipinski definition) is 1. The summed E-state index contributed by atoms with van der Waals surface area (Å²) in [5, 5.41) is 0. The van der Waals surface area contributed by atoms with E-state index in [1.807, 2.05) is 6.92 Å². The fraction of sp³-hybridized carbons (Fsp3) is 0.818. The summed E-state index contributed by atoms with van der Waals surface area (Å²) in [4.78, 5) is 12.8. The maximum atomic E-state index is 12.4. The maximum Gasteiger partial charge on any atom is 0.406 e. The Bertz CT molecular complexity index is 305. The Morgan fingerprint density at radius 1 is 1.39 bits per heavy atom. The molecule has 18 heavy (non-hydrogen) atoms. The van der Waals surface area contributed by atoms with Gasteiger partial charge in [-0.2, -0.15) is 13.2 Å². The van der Waals surface area contributed by atoms with E-state index in [1.165, 1.54) is 13.8 Å². The van der Waals surface area contributed by atoms with Gasteiger partial charge < -0.3 is 10.6 Å². The molecule has 1 unspecified atom stereocenters. The van der Waals surface area contributed by atoms with E-state index in [4.69, 9.17) is 18.0 Å². The van der Waals surface area contributed by atoms with Gasteiger partial charge in [0.2, 0.25) is 5.91 Å². The predicted molar refractivity (Wildman–Crippen MR) is 68.1 cm³/mol. The fourth-order valence-corrected chi connectivity index (χ4v) is 1.80. The van der Waals surface area contributed by atoms with E-state index >= 15 is 0 Å². The fourth-order valence-electron chi connectivity index (χ4n) is 1.58. The average molecular weight is 284 g/mol. The maximum absolute atomic E-state index is 12.4. The first-order valence-corrected chi connectivity index (χ1v) is 6.17. The number of nitrogens with two attached hydrogens (primary N) is 1. The lowest BCUT2D eigenvalue weighted by atomic mass is 10.0. The van der Waals surface area contributed by atoms with Crippen molar-refractivity contribution in [1.29, 1.82) is 0 Å². The number of carbonyl (C=O) groups is 1. The van der Waals surface area contributed by atoms with Crippen LogP contribution in [0.3, 0.4) is 0 Å². The van der Waals surface area contributed by atoms with Crippen LogP contribution in [0.2, 0.25) is 0 Å². The molecule has 0 saturated heterocycles. The van der Waals surface area contributed by atoms with Crippen LogP contribution >= 0.6 is 12.2 Å². The van der Waals surface area contributed by atoms with Gasteiger partial charge in [-0.25, -0.2) is 0 Å². The van der Waals surface area contributed by atoms with E-state index in [1.54, 1.807) is 0 Å². The molecule has 0 aliphatic rings. The molecule has 3 nitrogen and oxygen atoms in total. The van der Waals surface area contributed by atoms with Gasteiger partial charge in [0, 0.05) is 6.04 Å². The van der Waals surface area contributed by atoms with Gasteiger partial charge in [-0.3, -0.25) is 4.79 Å². The number of alkyl halides is 3. The molecule has 7 heteroatoms. The summed E-state index contributed by atoms with van der Waals surface area (Å²) in [6.45, 7) is 3.62. The molecule has 0 fully saturated rings. The first kappa shape index (κ1) is 17.2. The minimum absolute atomic E-state index is 0.0466. The third-order valence-corrected chi connectivity index (χ3v) is 2.76. The molecule has 0 spiro atoms. The van der Waals surface area contributed by atoms with Crippen molar-refractivity contribution in [3.05, 3.63) is 0 Å². The van der Waals surface area contributed by atoms with E-state index in [9.17, 15) is 18.0 Å². The molecule has 0 aliphatic heterocycles. The van der Waals surface area contributed by atoms with Gasteiger partial charge in [0.05, 0.1) is 10.9 Å². The van der Waals surface area contributed by atoms with Crippen molar-refractivity contribution >= 4 is 23.1 Å². The van der Waals surface area contributed by atoms with Gasteiger partial charge in [0.1, 0.15) is 6.54 Å². The Labute approximate surface area is 111 Å². The molecule has 0 aromatic heterocycles. The molecule has 1 atom stereocenters. The minimum atomic E-state index is -4.42. The van der Waals surface area contributed by atoms with Crippen LogP contribution in [0.15, 0.2) is 0 Å². The van der Waals surface area contributed by atoms with Gasteiger partial charge in [0.25, 0.3) is 0 Å². The zero-order valence-corrected chi connectivity index (χ0v) is 11.6. The second kappa shape index (κ2) is 6.92. The smallest absolute Gasteiger partial charge is 0.393 e. The standard InChI is InChI=1S/C11H19F3N2OS/c1-4-5-8(9(15)18)10(17)16(7(2)3)6-11(12,13)14/h7-8H,4-6H2,1-3H3,(H2,15,18). The van der Waals surface area contributed by atoms with Crippen molar-refractivity contribution in [3.63, 3.8) is 0 Å². The molecule has 0 bridgehead atoms. The van der Waals surface area contributed by atoms with Crippen molar-refractivity contribution < 1.29 is 18.0 Å². The van der Waals surface area contributed by atoms with Crippen LogP contribution in [0.5, 0.6) is 0 Å². The largest absolute Gasteiger partial charge is 0.406 e. The number of nitrogens with zero attached hydrogens (tertiary/aromatic N) is 1. The lowest BCUT2D eigenvalue weighted by Crippen LogP contribution is -2.48. The van der Waals surface area contributed by atoms with Gasteiger partial charge in [-0.05, 0) is 20.3 Å². The minimum Gasteiger partial charge on any atom is -0.393 e. The molecular weight excluding hydrogens is 265 g/mol. The Kier molecular flexibility index (Phi) is 6.59. The third-order valence-electron chi connectivity index (χ3n) is 2.47. The number of hydrogen-bond acceptors (Lipinski definition) is 2. The molecule has 0 aliphatic carbocycles. The SMILES string of the molecule is CCCC(C(=O)N(CC(F)(F)F)C(C)C)C(N)=S. The van der Waals surface area contributed by atoms with Gasteiger partial charge in [0.15, 0.2) is 0 Å². The lowest BCUT2D eigenvalue weighted by Gasteiger charge is -2.31. The number of rotatable bonds is 6. The van der Waals surface area contributed by atoms with Crippen molar-refractivity contribution in [2.24, 2.45) is 11.7 Å². The van der Waals surface area contributed by atoms with Crippen molar-refractivity contribution in [2.45, 2.75) is 45.8 Å².